The summed E-state index contributed by atoms with van der Waals surface area (Å²) in [5, 5.41) is 8.86. The highest BCUT2D eigenvalue weighted by atomic mass is 16.5. The van der Waals surface area contributed by atoms with E-state index in [2.05, 4.69) is 21.7 Å². The third-order valence-corrected chi connectivity index (χ3v) is 6.44. The molecule has 0 spiro atoms. The molecule has 2 aromatic carbocycles. The lowest BCUT2D eigenvalue weighted by Gasteiger charge is -2.26. The van der Waals surface area contributed by atoms with Crippen LogP contribution in [-0.4, -0.2) is 78.2 Å². The molecule has 0 unspecified atom stereocenters. The van der Waals surface area contributed by atoms with E-state index in [0.717, 1.165) is 41.4 Å². The second-order valence-electron chi connectivity index (χ2n) is 8.95. The highest BCUT2D eigenvalue weighted by molar-refractivity contribution is 5.86. The number of hydrogen-bond donors (Lipinski definition) is 0. The summed E-state index contributed by atoms with van der Waals surface area (Å²) in [5.41, 5.74) is 2.69. The Hall–Kier alpha value is -4.20. The Balaban J connectivity index is 1.33. The van der Waals surface area contributed by atoms with Crippen LogP contribution in [-0.2, 0) is 16.0 Å². The summed E-state index contributed by atoms with van der Waals surface area (Å²) in [4.78, 5) is 31.6. The van der Waals surface area contributed by atoms with Gasteiger partial charge >= 0.3 is 0 Å². The van der Waals surface area contributed by atoms with Crippen LogP contribution in [0.3, 0.4) is 0 Å². The predicted octanol–water partition coefficient (Wildman–Crippen LogP) is 3.45. The number of ether oxygens (including phenoxy) is 1. The molecule has 1 aromatic heterocycles. The Morgan fingerprint density at radius 2 is 1.76 bits per heavy atom. The first kappa shape index (κ1) is 25.9. The predicted molar refractivity (Wildman–Crippen MR) is 144 cm³/mol. The minimum absolute atomic E-state index is 0.0497. The zero-order chi connectivity index (χ0) is 26.0. The SMILES string of the molecule is C=CCN(CC(=O)N1CCCN(c2ccc(-c3ccc(OC)cc3)nn2)CC1)C(=O)Cc1ccccc1. The molecule has 0 aliphatic carbocycles. The Morgan fingerprint density at radius 1 is 0.973 bits per heavy atom. The Bertz CT molecular complexity index is 1180. The first-order valence-corrected chi connectivity index (χ1v) is 12.5. The first-order chi connectivity index (χ1) is 18.1. The van der Waals surface area contributed by atoms with Crippen LogP contribution in [0.15, 0.2) is 79.4 Å². The number of rotatable bonds is 9. The molecule has 37 heavy (non-hydrogen) atoms. The zero-order valence-corrected chi connectivity index (χ0v) is 21.3. The fourth-order valence-corrected chi connectivity index (χ4v) is 4.36. The molecule has 0 N–H and O–H groups in total. The van der Waals surface area contributed by atoms with Crippen molar-refractivity contribution < 1.29 is 14.3 Å². The summed E-state index contributed by atoms with van der Waals surface area (Å²) < 4.78 is 5.22. The summed E-state index contributed by atoms with van der Waals surface area (Å²) in [5.74, 6) is 1.46. The lowest BCUT2D eigenvalue weighted by molar-refractivity contribution is -0.139. The second kappa shape index (κ2) is 12.7. The van der Waals surface area contributed by atoms with Crippen LogP contribution in [0.25, 0.3) is 11.3 Å². The smallest absolute Gasteiger partial charge is 0.242 e. The molecule has 1 saturated heterocycles. The van der Waals surface area contributed by atoms with Crippen LogP contribution in [0.1, 0.15) is 12.0 Å². The molecule has 0 saturated carbocycles. The van der Waals surface area contributed by atoms with Crippen LogP contribution in [0.2, 0.25) is 0 Å². The molecule has 2 amide bonds. The van der Waals surface area contributed by atoms with E-state index < -0.39 is 0 Å². The normalized spacial score (nSPS) is 13.5. The molecule has 192 valence electrons. The quantitative estimate of drug-likeness (QED) is 0.420. The van der Waals surface area contributed by atoms with Gasteiger partial charge in [-0.15, -0.1) is 16.8 Å². The maximum absolute atomic E-state index is 13.1. The van der Waals surface area contributed by atoms with Crippen LogP contribution < -0.4 is 9.64 Å². The third kappa shape index (κ3) is 6.94. The van der Waals surface area contributed by atoms with Crippen LogP contribution in [0, 0.1) is 0 Å². The third-order valence-electron chi connectivity index (χ3n) is 6.44. The molecule has 0 radical (unpaired) electrons. The number of nitrogens with zero attached hydrogens (tertiary/aromatic N) is 5. The van der Waals surface area contributed by atoms with Crippen molar-refractivity contribution in [2.75, 3.05) is 51.3 Å². The number of amides is 2. The van der Waals surface area contributed by atoms with Crippen molar-refractivity contribution in [3.63, 3.8) is 0 Å². The molecule has 1 aliphatic rings. The lowest BCUT2D eigenvalue weighted by Crippen LogP contribution is -2.44. The Morgan fingerprint density at radius 3 is 2.43 bits per heavy atom. The average molecular weight is 500 g/mol. The Labute approximate surface area is 218 Å². The number of methoxy groups -OCH3 is 1. The van der Waals surface area contributed by atoms with Crippen LogP contribution in [0.5, 0.6) is 5.75 Å². The van der Waals surface area contributed by atoms with E-state index in [0.29, 0.717) is 26.2 Å². The number of carbonyl (C=O) groups is 2. The van der Waals surface area contributed by atoms with Gasteiger partial charge in [0.2, 0.25) is 11.8 Å². The van der Waals surface area contributed by atoms with Crippen molar-refractivity contribution >= 4 is 17.6 Å². The molecule has 1 fully saturated rings. The number of benzene rings is 2. The van der Waals surface area contributed by atoms with Gasteiger partial charge in [0.25, 0.3) is 0 Å². The van der Waals surface area contributed by atoms with Gasteiger partial charge in [0.1, 0.15) is 12.3 Å². The van der Waals surface area contributed by atoms with Crippen molar-refractivity contribution in [2.45, 2.75) is 12.8 Å². The molecule has 8 heteroatoms. The van der Waals surface area contributed by atoms with Gasteiger partial charge in [0.05, 0.1) is 19.2 Å². The molecular weight excluding hydrogens is 466 g/mol. The highest BCUT2D eigenvalue weighted by Crippen LogP contribution is 2.22. The fourth-order valence-electron chi connectivity index (χ4n) is 4.36. The van der Waals surface area contributed by atoms with Crippen molar-refractivity contribution in [3.8, 4) is 17.0 Å². The van der Waals surface area contributed by atoms with E-state index in [1.165, 1.54) is 0 Å². The van der Waals surface area contributed by atoms with Crippen LogP contribution >= 0.6 is 0 Å². The van der Waals surface area contributed by atoms with Crippen molar-refractivity contribution in [2.24, 2.45) is 0 Å². The summed E-state index contributed by atoms with van der Waals surface area (Å²) in [7, 11) is 1.64. The van der Waals surface area contributed by atoms with Gasteiger partial charge < -0.3 is 19.4 Å². The standard InChI is InChI=1S/C29H33N5O3/c1-3-16-34(28(35)21-23-8-5-4-6-9-23)22-29(36)33-18-7-17-32(19-20-33)27-15-14-26(30-31-27)24-10-12-25(37-2)13-11-24/h3-6,8-15H,1,7,16-22H2,2H3. The molecule has 8 nitrogen and oxygen atoms in total. The van der Waals surface area contributed by atoms with E-state index in [-0.39, 0.29) is 24.8 Å². The van der Waals surface area contributed by atoms with E-state index in [1.54, 1.807) is 18.1 Å². The van der Waals surface area contributed by atoms with E-state index in [4.69, 9.17) is 4.74 Å². The maximum Gasteiger partial charge on any atom is 0.242 e. The van der Waals surface area contributed by atoms with E-state index >= 15 is 0 Å². The summed E-state index contributed by atoms with van der Waals surface area (Å²) >= 11 is 0. The number of aromatic nitrogens is 2. The molecule has 2 heterocycles. The first-order valence-electron chi connectivity index (χ1n) is 12.5. The van der Waals surface area contributed by atoms with Crippen LogP contribution in [0.4, 0.5) is 5.82 Å². The topological polar surface area (TPSA) is 78.9 Å². The highest BCUT2D eigenvalue weighted by Gasteiger charge is 2.23. The number of carbonyl (C=O) groups excluding carboxylic acids is 2. The minimum atomic E-state index is -0.0804. The average Bonchev–Trinajstić information content (AvgIpc) is 3.20. The van der Waals surface area contributed by atoms with Gasteiger partial charge in [0.15, 0.2) is 5.82 Å². The minimum Gasteiger partial charge on any atom is -0.497 e. The van der Waals surface area contributed by atoms with Crippen molar-refractivity contribution in [1.29, 1.82) is 0 Å². The second-order valence-corrected chi connectivity index (χ2v) is 8.95. The van der Waals surface area contributed by atoms with E-state index in [9.17, 15) is 9.59 Å². The van der Waals surface area contributed by atoms with Gasteiger partial charge in [-0.05, 0) is 48.4 Å². The Kier molecular flexibility index (Phi) is 8.86. The molecule has 1 aliphatic heterocycles. The molecular formula is C29H33N5O3. The molecule has 0 bridgehead atoms. The number of hydrogen-bond acceptors (Lipinski definition) is 6. The number of anilines is 1. The van der Waals surface area contributed by atoms with Crippen molar-refractivity contribution in [1.82, 2.24) is 20.0 Å². The molecule has 4 rings (SSSR count). The largest absolute Gasteiger partial charge is 0.497 e. The van der Waals surface area contributed by atoms with Crippen molar-refractivity contribution in [3.05, 3.63) is 84.9 Å². The lowest BCUT2D eigenvalue weighted by atomic mass is 10.1. The maximum atomic E-state index is 13.1. The summed E-state index contributed by atoms with van der Waals surface area (Å²) in [6, 6.07) is 21.2. The van der Waals surface area contributed by atoms with Gasteiger partial charge in [0, 0.05) is 38.3 Å². The van der Waals surface area contributed by atoms with Gasteiger partial charge in [-0.1, -0.05) is 36.4 Å². The van der Waals surface area contributed by atoms with E-state index in [1.807, 2.05) is 71.6 Å². The zero-order valence-electron chi connectivity index (χ0n) is 21.3. The van der Waals surface area contributed by atoms with Gasteiger partial charge in [-0.2, -0.15) is 0 Å². The summed E-state index contributed by atoms with van der Waals surface area (Å²) in [6.45, 7) is 6.79. The molecule has 3 aromatic rings. The monoisotopic (exact) mass is 499 g/mol. The molecule has 0 atom stereocenters. The fraction of sp³-hybridized carbons (Fsp3) is 0.310. The summed E-state index contributed by atoms with van der Waals surface area (Å²) in [6.07, 6.45) is 2.74. The van der Waals surface area contributed by atoms with Gasteiger partial charge in [-0.3, -0.25) is 9.59 Å². The van der Waals surface area contributed by atoms with Gasteiger partial charge in [-0.25, -0.2) is 0 Å².